The van der Waals surface area contributed by atoms with Gasteiger partial charge in [0.1, 0.15) is 5.82 Å². The van der Waals surface area contributed by atoms with Gasteiger partial charge >= 0.3 is 0 Å². The van der Waals surface area contributed by atoms with E-state index in [0.717, 1.165) is 16.5 Å². The Bertz CT molecular complexity index is 2310. The molecule has 0 saturated heterocycles. The molecular formula is C32H16N4S. The predicted octanol–water partition coefficient (Wildman–Crippen LogP) is 8.51. The number of thiazole rings is 1. The fourth-order valence-electron chi connectivity index (χ4n) is 6.70. The fourth-order valence-corrected chi connectivity index (χ4v) is 7.70. The van der Waals surface area contributed by atoms with Crippen LogP contribution >= 0.6 is 11.3 Å². The predicted molar refractivity (Wildman–Crippen MR) is 155 cm³/mol. The second-order valence-corrected chi connectivity index (χ2v) is 10.9. The maximum absolute atomic E-state index is 5.07. The number of hydrogen-bond acceptors (Lipinski definition) is 3. The van der Waals surface area contributed by atoms with E-state index in [1.165, 1.54) is 69.9 Å². The van der Waals surface area contributed by atoms with E-state index in [1.807, 2.05) is 12.3 Å². The Morgan fingerprint density at radius 1 is 0.514 bits per heavy atom. The van der Waals surface area contributed by atoms with Gasteiger partial charge in [-0.15, -0.1) is 0 Å². The molecule has 0 fully saturated rings. The summed E-state index contributed by atoms with van der Waals surface area (Å²) >= 11 is 1.76. The topological polar surface area (TPSA) is 35.6 Å². The Morgan fingerprint density at radius 3 is 1.65 bits per heavy atom. The lowest BCUT2D eigenvalue weighted by Gasteiger charge is -2.11. The van der Waals surface area contributed by atoms with Gasteiger partial charge in [-0.25, -0.2) is 9.97 Å². The average Bonchev–Trinajstić information content (AvgIpc) is 3.62. The first kappa shape index (κ1) is 18.5. The Hall–Kier alpha value is -4.74. The molecule has 0 aliphatic rings. The van der Waals surface area contributed by atoms with Crippen molar-refractivity contribution in [2.75, 3.05) is 0 Å². The number of hydrogen-bond donors (Lipinski definition) is 0. The molecule has 0 bridgehead atoms. The molecular weight excluding hydrogens is 472 g/mol. The normalized spacial score (nSPS) is 12.9. The van der Waals surface area contributed by atoms with Crippen LogP contribution < -0.4 is 0 Å². The van der Waals surface area contributed by atoms with Gasteiger partial charge in [0.05, 0.1) is 32.3 Å². The number of para-hydroxylation sites is 1. The summed E-state index contributed by atoms with van der Waals surface area (Å²) in [6.45, 7) is 0. The third kappa shape index (κ3) is 2.05. The molecule has 0 N–H and O–H groups in total. The third-order valence-electron chi connectivity index (χ3n) is 8.10. The quantitative estimate of drug-likeness (QED) is 0.181. The SMILES string of the molecule is c1ccc(-n2c3ccc4ccc5c6c4c3c3c4c(ccc32)ccc(c46)n5-c2nc3ccccc3s2)nc1. The maximum Gasteiger partial charge on any atom is 0.195 e. The van der Waals surface area contributed by atoms with Crippen LogP contribution in [-0.2, 0) is 0 Å². The molecule has 0 radical (unpaired) electrons. The summed E-state index contributed by atoms with van der Waals surface area (Å²) in [5.41, 5.74) is 5.89. The minimum atomic E-state index is 0.951. The minimum absolute atomic E-state index is 0.951. The van der Waals surface area contributed by atoms with Crippen LogP contribution in [0, 0.1) is 0 Å². The monoisotopic (exact) mass is 488 g/mol. The molecule has 0 unspecified atom stereocenters. The molecule has 0 atom stereocenters. The fraction of sp³-hybridized carbons (Fsp3) is 0. The van der Waals surface area contributed by atoms with Crippen molar-refractivity contribution in [3.05, 3.63) is 97.2 Å². The van der Waals surface area contributed by atoms with E-state index >= 15 is 0 Å². The largest absolute Gasteiger partial charge is 0.294 e. The van der Waals surface area contributed by atoms with Crippen molar-refractivity contribution in [1.29, 1.82) is 0 Å². The first-order chi connectivity index (χ1) is 18.4. The molecule has 6 aromatic carbocycles. The van der Waals surface area contributed by atoms with Crippen LogP contribution in [0.4, 0.5) is 0 Å². The van der Waals surface area contributed by atoms with Crippen molar-refractivity contribution in [3.63, 3.8) is 0 Å². The number of fused-ring (bicyclic) bond motifs is 1. The summed E-state index contributed by atoms with van der Waals surface area (Å²) in [5, 5.41) is 11.6. The number of rotatable bonds is 2. The Balaban J connectivity index is 1.49. The Morgan fingerprint density at radius 2 is 1.08 bits per heavy atom. The molecule has 0 spiro atoms. The zero-order chi connectivity index (χ0) is 23.8. The molecule has 0 aliphatic carbocycles. The molecule has 5 heteroatoms. The first-order valence-electron chi connectivity index (χ1n) is 12.4. The maximum atomic E-state index is 5.07. The van der Waals surface area contributed by atoms with Gasteiger partial charge in [0, 0.05) is 38.5 Å². The lowest BCUT2D eigenvalue weighted by molar-refractivity contribution is 1.08. The van der Waals surface area contributed by atoms with Gasteiger partial charge < -0.3 is 0 Å². The molecule has 0 aliphatic heterocycles. The lowest BCUT2D eigenvalue weighted by Crippen LogP contribution is -1.96. The van der Waals surface area contributed by atoms with Gasteiger partial charge in [0.2, 0.25) is 0 Å². The van der Waals surface area contributed by atoms with E-state index in [2.05, 4.69) is 94.1 Å². The van der Waals surface area contributed by atoms with Crippen LogP contribution in [0.3, 0.4) is 0 Å². The van der Waals surface area contributed by atoms with Crippen LogP contribution in [0.2, 0.25) is 0 Å². The summed E-state index contributed by atoms with van der Waals surface area (Å²) in [7, 11) is 0. The number of nitrogens with zero attached hydrogens (tertiary/aromatic N) is 4. The number of pyridine rings is 1. The van der Waals surface area contributed by atoms with Gasteiger partial charge in [-0.05, 0) is 59.3 Å². The highest BCUT2D eigenvalue weighted by atomic mass is 32.1. The van der Waals surface area contributed by atoms with E-state index in [4.69, 9.17) is 9.97 Å². The van der Waals surface area contributed by atoms with Crippen LogP contribution in [0.5, 0.6) is 0 Å². The smallest absolute Gasteiger partial charge is 0.195 e. The Kier molecular flexibility index (Phi) is 3.07. The van der Waals surface area contributed by atoms with Crippen molar-refractivity contribution in [1.82, 2.24) is 19.1 Å². The summed E-state index contributed by atoms with van der Waals surface area (Å²) < 4.78 is 5.92. The molecule has 4 nitrogen and oxygen atoms in total. The summed E-state index contributed by atoms with van der Waals surface area (Å²) in [5.74, 6) is 0.951. The molecule has 10 rings (SSSR count). The molecule has 0 amide bonds. The van der Waals surface area contributed by atoms with Crippen molar-refractivity contribution in [3.8, 4) is 10.9 Å². The highest BCUT2D eigenvalue weighted by molar-refractivity contribution is 7.20. The summed E-state index contributed by atoms with van der Waals surface area (Å²) in [4.78, 5) is 9.82. The van der Waals surface area contributed by atoms with E-state index in [-0.39, 0.29) is 0 Å². The van der Waals surface area contributed by atoms with Gasteiger partial charge in [0.15, 0.2) is 5.13 Å². The van der Waals surface area contributed by atoms with E-state index in [9.17, 15) is 0 Å². The van der Waals surface area contributed by atoms with E-state index < -0.39 is 0 Å². The Labute approximate surface area is 213 Å². The standard InChI is InChI=1S/C32H16N4S/c1-2-6-24-19(5-1)34-32(37-24)36-22-14-10-17-8-12-20-28-26(17)30(22)31-23(36)15-11-18-9-13-21(29(28)27(18)31)35(20)25-7-3-4-16-33-25/h1-16H. The van der Waals surface area contributed by atoms with Crippen molar-refractivity contribution in [2.24, 2.45) is 0 Å². The van der Waals surface area contributed by atoms with Crippen molar-refractivity contribution in [2.45, 2.75) is 0 Å². The average molecular weight is 489 g/mol. The molecule has 4 heterocycles. The van der Waals surface area contributed by atoms with Crippen LogP contribution in [0.15, 0.2) is 97.2 Å². The van der Waals surface area contributed by atoms with Gasteiger partial charge in [-0.3, -0.25) is 9.13 Å². The van der Waals surface area contributed by atoms with Crippen LogP contribution in [-0.4, -0.2) is 19.1 Å². The van der Waals surface area contributed by atoms with Crippen LogP contribution in [0.25, 0.3) is 86.3 Å². The minimum Gasteiger partial charge on any atom is -0.294 e. The molecule has 0 saturated carbocycles. The highest BCUT2D eigenvalue weighted by Crippen LogP contribution is 2.51. The highest BCUT2D eigenvalue weighted by Gasteiger charge is 2.27. The number of benzene rings is 6. The zero-order valence-corrected chi connectivity index (χ0v) is 20.3. The van der Waals surface area contributed by atoms with E-state index in [0.29, 0.717) is 0 Å². The molecule has 10 aromatic rings. The van der Waals surface area contributed by atoms with Gasteiger partial charge in [-0.1, -0.05) is 53.8 Å². The second-order valence-electron chi connectivity index (χ2n) is 9.86. The van der Waals surface area contributed by atoms with Crippen molar-refractivity contribution >= 4 is 86.7 Å². The molecule has 37 heavy (non-hydrogen) atoms. The first-order valence-corrected chi connectivity index (χ1v) is 13.3. The lowest BCUT2D eigenvalue weighted by atomic mass is 9.90. The van der Waals surface area contributed by atoms with Crippen LogP contribution in [0.1, 0.15) is 0 Å². The van der Waals surface area contributed by atoms with Gasteiger partial charge in [-0.2, -0.15) is 0 Å². The summed E-state index contributed by atoms with van der Waals surface area (Å²) in [6, 6.07) is 32.7. The third-order valence-corrected chi connectivity index (χ3v) is 9.12. The second kappa shape index (κ2) is 6.14. The molecule has 170 valence electrons. The molecule has 4 aromatic heterocycles. The number of aromatic nitrogens is 4. The summed E-state index contributed by atoms with van der Waals surface area (Å²) in [6.07, 6.45) is 1.88. The zero-order valence-electron chi connectivity index (χ0n) is 19.4. The van der Waals surface area contributed by atoms with Gasteiger partial charge in [0.25, 0.3) is 0 Å². The van der Waals surface area contributed by atoms with Crippen molar-refractivity contribution < 1.29 is 0 Å². The van der Waals surface area contributed by atoms with E-state index in [1.54, 1.807) is 11.3 Å².